The van der Waals surface area contributed by atoms with Crippen LogP contribution in [0, 0.1) is 25.2 Å². The van der Waals surface area contributed by atoms with Crippen LogP contribution >= 0.6 is 0 Å². The molecule has 0 spiro atoms. The summed E-state index contributed by atoms with van der Waals surface area (Å²) in [5.41, 5.74) is 4.43. The normalized spacial score (nSPS) is 10.2. The van der Waals surface area contributed by atoms with Gasteiger partial charge in [-0.25, -0.2) is 4.98 Å². The molecule has 0 fully saturated rings. The highest BCUT2D eigenvalue weighted by Gasteiger charge is 2.16. The van der Waals surface area contributed by atoms with Crippen LogP contribution in [0.4, 0.5) is 0 Å². The van der Waals surface area contributed by atoms with Crippen molar-refractivity contribution in [2.45, 2.75) is 13.8 Å². The van der Waals surface area contributed by atoms with E-state index in [1.165, 1.54) is 0 Å². The summed E-state index contributed by atoms with van der Waals surface area (Å²) in [4.78, 5) is 4.08. The lowest BCUT2D eigenvalue weighted by atomic mass is 10.0. The quantitative estimate of drug-likeness (QED) is 0.812. The molecule has 0 aliphatic carbocycles. The third kappa shape index (κ3) is 1.84. The van der Waals surface area contributed by atoms with Crippen LogP contribution in [0.25, 0.3) is 11.3 Å². The van der Waals surface area contributed by atoms with Crippen LogP contribution in [-0.2, 0) is 7.05 Å². The van der Waals surface area contributed by atoms with Crippen LogP contribution in [0.3, 0.4) is 0 Å². The molecular weight excluding hydrogens is 226 g/mol. The van der Waals surface area contributed by atoms with Crippen molar-refractivity contribution in [2.75, 3.05) is 7.11 Å². The summed E-state index contributed by atoms with van der Waals surface area (Å²) < 4.78 is 7.25. The van der Waals surface area contributed by atoms with Gasteiger partial charge in [-0.15, -0.1) is 0 Å². The summed E-state index contributed by atoms with van der Waals surface area (Å²) in [6, 6.07) is 6.13. The molecule has 0 atom stereocenters. The second kappa shape index (κ2) is 4.53. The highest BCUT2D eigenvalue weighted by Crippen LogP contribution is 2.33. The minimum Gasteiger partial charge on any atom is -0.496 e. The van der Waals surface area contributed by atoms with E-state index in [4.69, 9.17) is 10.00 Å². The maximum Gasteiger partial charge on any atom is 0.166 e. The van der Waals surface area contributed by atoms with Crippen molar-refractivity contribution in [3.63, 3.8) is 0 Å². The zero-order valence-electron chi connectivity index (χ0n) is 11.0. The first-order valence-corrected chi connectivity index (χ1v) is 5.65. The fourth-order valence-electron chi connectivity index (χ4n) is 1.97. The van der Waals surface area contributed by atoms with Crippen LogP contribution in [0.15, 0.2) is 18.5 Å². The average molecular weight is 241 g/mol. The van der Waals surface area contributed by atoms with E-state index in [0.717, 1.165) is 28.1 Å². The molecular formula is C14H15N3O. The van der Waals surface area contributed by atoms with Gasteiger partial charge in [0, 0.05) is 12.6 Å². The SMILES string of the molecule is COc1cc(C)c(C)cc1-c1c(C#N)ncn1C. The standard InChI is InChI=1S/C14H15N3O/c1-9-5-11(13(18-4)6-10(9)2)14-12(7-15)16-8-17(14)3/h5-6,8H,1-4H3. The Morgan fingerprint density at radius 3 is 2.56 bits per heavy atom. The van der Waals surface area contributed by atoms with Crippen molar-refractivity contribution < 1.29 is 4.74 Å². The van der Waals surface area contributed by atoms with Gasteiger partial charge in [-0.2, -0.15) is 5.26 Å². The Morgan fingerprint density at radius 2 is 1.94 bits per heavy atom. The third-order valence-electron chi connectivity index (χ3n) is 3.11. The van der Waals surface area contributed by atoms with Gasteiger partial charge < -0.3 is 9.30 Å². The number of aryl methyl sites for hydroxylation is 3. The summed E-state index contributed by atoms with van der Waals surface area (Å²) in [6.07, 6.45) is 1.64. The van der Waals surface area contributed by atoms with Crippen LogP contribution in [0.1, 0.15) is 16.8 Å². The highest BCUT2D eigenvalue weighted by atomic mass is 16.5. The van der Waals surface area contributed by atoms with Gasteiger partial charge in [-0.3, -0.25) is 0 Å². The highest BCUT2D eigenvalue weighted by molar-refractivity contribution is 5.73. The summed E-state index contributed by atoms with van der Waals surface area (Å²) >= 11 is 0. The predicted octanol–water partition coefficient (Wildman–Crippen LogP) is 2.58. The van der Waals surface area contributed by atoms with Gasteiger partial charge in [0.05, 0.1) is 19.1 Å². The van der Waals surface area contributed by atoms with Crippen molar-refractivity contribution in [2.24, 2.45) is 7.05 Å². The molecule has 0 aliphatic heterocycles. The first-order chi connectivity index (χ1) is 8.58. The molecule has 0 bridgehead atoms. The molecule has 1 aromatic heterocycles. The monoisotopic (exact) mass is 241 g/mol. The number of nitriles is 1. The zero-order chi connectivity index (χ0) is 13.3. The Labute approximate surface area is 106 Å². The van der Waals surface area contributed by atoms with Crippen molar-refractivity contribution >= 4 is 0 Å². The van der Waals surface area contributed by atoms with Gasteiger partial charge in [0.15, 0.2) is 5.69 Å². The smallest absolute Gasteiger partial charge is 0.166 e. The number of ether oxygens (including phenoxy) is 1. The van der Waals surface area contributed by atoms with Crippen molar-refractivity contribution in [3.05, 3.63) is 35.3 Å². The Hall–Kier alpha value is -2.28. The van der Waals surface area contributed by atoms with Gasteiger partial charge >= 0.3 is 0 Å². The molecule has 0 saturated carbocycles. The number of benzene rings is 1. The topological polar surface area (TPSA) is 50.8 Å². The summed E-state index contributed by atoms with van der Waals surface area (Å²) in [5.74, 6) is 0.762. The molecule has 2 rings (SSSR count). The molecule has 92 valence electrons. The molecule has 0 N–H and O–H groups in total. The number of aromatic nitrogens is 2. The van der Waals surface area contributed by atoms with Crippen molar-refractivity contribution in [1.29, 1.82) is 5.26 Å². The molecule has 0 aliphatic rings. The fourth-order valence-corrected chi connectivity index (χ4v) is 1.97. The lowest BCUT2D eigenvalue weighted by Crippen LogP contribution is -1.97. The summed E-state index contributed by atoms with van der Waals surface area (Å²) in [6.45, 7) is 4.08. The zero-order valence-corrected chi connectivity index (χ0v) is 11.0. The van der Waals surface area contributed by atoms with E-state index in [-0.39, 0.29) is 0 Å². The van der Waals surface area contributed by atoms with Crippen molar-refractivity contribution in [3.8, 4) is 23.1 Å². The van der Waals surface area contributed by atoms with Gasteiger partial charge in [0.1, 0.15) is 11.8 Å². The van der Waals surface area contributed by atoms with Crippen LogP contribution in [-0.4, -0.2) is 16.7 Å². The molecule has 0 amide bonds. The van der Waals surface area contributed by atoms with E-state index in [1.807, 2.05) is 37.6 Å². The van der Waals surface area contributed by atoms with Crippen molar-refractivity contribution in [1.82, 2.24) is 9.55 Å². The molecule has 4 nitrogen and oxygen atoms in total. The largest absolute Gasteiger partial charge is 0.496 e. The molecule has 18 heavy (non-hydrogen) atoms. The van der Waals surface area contributed by atoms with E-state index in [2.05, 4.69) is 11.1 Å². The van der Waals surface area contributed by atoms with Gasteiger partial charge in [-0.1, -0.05) is 0 Å². The average Bonchev–Trinajstić information content (AvgIpc) is 2.73. The first-order valence-electron chi connectivity index (χ1n) is 5.65. The van der Waals surface area contributed by atoms with Crippen LogP contribution in [0.5, 0.6) is 5.75 Å². The van der Waals surface area contributed by atoms with Crippen LogP contribution < -0.4 is 4.74 Å². The second-order valence-corrected chi connectivity index (χ2v) is 4.30. The van der Waals surface area contributed by atoms with E-state index >= 15 is 0 Å². The van der Waals surface area contributed by atoms with E-state index in [1.54, 1.807) is 13.4 Å². The van der Waals surface area contributed by atoms with Crippen LogP contribution in [0.2, 0.25) is 0 Å². The Kier molecular flexibility index (Phi) is 3.07. The minimum absolute atomic E-state index is 0.416. The molecule has 0 unspecified atom stereocenters. The molecule has 4 heteroatoms. The van der Waals surface area contributed by atoms with Gasteiger partial charge in [0.2, 0.25) is 0 Å². The number of methoxy groups -OCH3 is 1. The molecule has 1 aromatic carbocycles. The second-order valence-electron chi connectivity index (χ2n) is 4.30. The van der Waals surface area contributed by atoms with E-state index in [9.17, 15) is 0 Å². The van der Waals surface area contributed by atoms with E-state index in [0.29, 0.717) is 5.69 Å². The number of rotatable bonds is 2. The predicted molar refractivity (Wildman–Crippen MR) is 69.4 cm³/mol. The number of hydrogen-bond donors (Lipinski definition) is 0. The molecule has 2 aromatic rings. The van der Waals surface area contributed by atoms with Gasteiger partial charge in [0.25, 0.3) is 0 Å². The number of imidazole rings is 1. The Bertz CT molecular complexity index is 635. The lowest BCUT2D eigenvalue weighted by molar-refractivity contribution is 0.415. The summed E-state index contributed by atoms with van der Waals surface area (Å²) in [5, 5.41) is 9.11. The minimum atomic E-state index is 0.416. The maximum absolute atomic E-state index is 9.11. The number of nitrogens with zero attached hydrogens (tertiary/aromatic N) is 3. The summed E-state index contributed by atoms with van der Waals surface area (Å²) in [7, 11) is 3.51. The lowest BCUT2D eigenvalue weighted by Gasteiger charge is -2.12. The first kappa shape index (κ1) is 12.2. The Morgan fingerprint density at radius 1 is 1.28 bits per heavy atom. The molecule has 0 saturated heterocycles. The van der Waals surface area contributed by atoms with Gasteiger partial charge in [-0.05, 0) is 37.1 Å². The molecule has 1 heterocycles. The number of hydrogen-bond acceptors (Lipinski definition) is 3. The van der Waals surface area contributed by atoms with E-state index < -0.39 is 0 Å². The fraction of sp³-hybridized carbons (Fsp3) is 0.286. The maximum atomic E-state index is 9.11. The molecule has 0 radical (unpaired) electrons. The Balaban J connectivity index is 2.74. The third-order valence-corrected chi connectivity index (χ3v) is 3.11.